The highest BCUT2D eigenvalue weighted by Crippen LogP contribution is 2.30. The largest absolute Gasteiger partial charge is 0.378 e. The first-order chi connectivity index (χ1) is 11.1. The number of nitrogens with zero attached hydrogens (tertiary/aromatic N) is 2. The first kappa shape index (κ1) is 15.9. The predicted molar refractivity (Wildman–Crippen MR) is 79.1 cm³/mol. The molecular weight excluding hydrogens is 303 g/mol. The molecule has 2 saturated heterocycles. The van der Waals surface area contributed by atoms with E-state index in [9.17, 15) is 14.0 Å². The van der Waals surface area contributed by atoms with Gasteiger partial charge in [-0.05, 0) is 17.7 Å². The summed E-state index contributed by atoms with van der Waals surface area (Å²) in [5, 5.41) is 0. The number of carbonyl (C=O) groups excluding carboxylic acids is 2. The lowest BCUT2D eigenvalue weighted by Crippen LogP contribution is -2.55. The molecule has 2 atom stereocenters. The molecule has 1 aromatic rings. The van der Waals surface area contributed by atoms with Crippen LogP contribution in [0, 0.1) is 5.82 Å². The summed E-state index contributed by atoms with van der Waals surface area (Å²) in [6, 6.07) is 5.29. The summed E-state index contributed by atoms with van der Waals surface area (Å²) in [7, 11) is 1.61. The topological polar surface area (TPSA) is 59.1 Å². The number of hydrogen-bond acceptors (Lipinski definition) is 4. The maximum atomic E-state index is 13.6. The summed E-state index contributed by atoms with van der Waals surface area (Å²) >= 11 is 0. The number of amides is 2. The Hall–Kier alpha value is -1.99. The quantitative estimate of drug-likeness (QED) is 0.799. The highest BCUT2D eigenvalue weighted by atomic mass is 19.1. The predicted octanol–water partition coefficient (Wildman–Crippen LogP) is 0.583. The number of carbonyl (C=O) groups is 2. The van der Waals surface area contributed by atoms with Crippen molar-refractivity contribution in [3.63, 3.8) is 0 Å². The van der Waals surface area contributed by atoms with Crippen LogP contribution in [0.3, 0.4) is 0 Å². The molecule has 124 valence electrons. The normalized spacial score (nSPS) is 25.6. The van der Waals surface area contributed by atoms with E-state index >= 15 is 0 Å². The molecule has 0 bridgehead atoms. The van der Waals surface area contributed by atoms with E-state index in [1.54, 1.807) is 24.1 Å². The van der Waals surface area contributed by atoms with Crippen molar-refractivity contribution in [2.45, 2.75) is 12.1 Å². The molecule has 2 heterocycles. The summed E-state index contributed by atoms with van der Waals surface area (Å²) in [5.74, 6) is -0.835. The molecule has 0 N–H and O–H groups in total. The van der Waals surface area contributed by atoms with Crippen molar-refractivity contribution >= 4 is 11.8 Å². The number of halogens is 1. The van der Waals surface area contributed by atoms with Crippen molar-refractivity contribution in [3.05, 3.63) is 35.6 Å². The molecule has 1 aromatic carbocycles. The minimum Gasteiger partial charge on any atom is -0.378 e. The molecule has 23 heavy (non-hydrogen) atoms. The lowest BCUT2D eigenvalue weighted by atomic mass is 9.97. The van der Waals surface area contributed by atoms with Gasteiger partial charge in [-0.1, -0.05) is 12.1 Å². The van der Waals surface area contributed by atoms with Crippen LogP contribution in [0.5, 0.6) is 0 Å². The standard InChI is InChI=1S/C16H19FN2O4/c1-18-13(20)10-23-15(16(21)19-5-7-22-8-6-19)14(18)11-3-2-4-12(17)9-11/h2-4,9,14-15H,5-8,10H2,1H3/t14-,15-/m0/s1. The molecule has 0 unspecified atom stereocenters. The molecule has 2 aliphatic heterocycles. The number of morpholine rings is 2. The number of likely N-dealkylation sites (N-methyl/N-ethyl adjacent to an activating group) is 1. The summed E-state index contributed by atoms with van der Waals surface area (Å²) in [6.45, 7) is 1.80. The van der Waals surface area contributed by atoms with Crippen LogP contribution in [0.15, 0.2) is 24.3 Å². The van der Waals surface area contributed by atoms with E-state index in [4.69, 9.17) is 9.47 Å². The van der Waals surface area contributed by atoms with Gasteiger partial charge in [0.25, 0.3) is 5.91 Å². The molecule has 0 aliphatic carbocycles. The van der Waals surface area contributed by atoms with Crippen molar-refractivity contribution in [1.82, 2.24) is 9.80 Å². The van der Waals surface area contributed by atoms with Crippen molar-refractivity contribution in [2.75, 3.05) is 40.0 Å². The first-order valence-electron chi connectivity index (χ1n) is 7.57. The number of rotatable bonds is 2. The van der Waals surface area contributed by atoms with Gasteiger partial charge in [0.05, 0.1) is 19.3 Å². The van der Waals surface area contributed by atoms with Crippen molar-refractivity contribution in [2.24, 2.45) is 0 Å². The van der Waals surface area contributed by atoms with Gasteiger partial charge in [-0.25, -0.2) is 4.39 Å². The van der Waals surface area contributed by atoms with Crippen LogP contribution in [0.2, 0.25) is 0 Å². The van der Waals surface area contributed by atoms with Gasteiger partial charge in [-0.3, -0.25) is 9.59 Å². The van der Waals surface area contributed by atoms with Crippen LogP contribution in [0.4, 0.5) is 4.39 Å². The summed E-state index contributed by atoms with van der Waals surface area (Å²) in [4.78, 5) is 27.9. The van der Waals surface area contributed by atoms with Crippen LogP contribution >= 0.6 is 0 Å². The van der Waals surface area contributed by atoms with E-state index in [2.05, 4.69) is 0 Å². The van der Waals surface area contributed by atoms with Crippen LogP contribution in [-0.2, 0) is 19.1 Å². The molecule has 3 rings (SSSR count). The van der Waals surface area contributed by atoms with Gasteiger partial charge in [0.15, 0.2) is 6.10 Å². The lowest BCUT2D eigenvalue weighted by molar-refractivity contribution is -0.169. The zero-order chi connectivity index (χ0) is 16.4. The van der Waals surface area contributed by atoms with Gasteiger partial charge in [0.1, 0.15) is 12.4 Å². The van der Waals surface area contributed by atoms with Gasteiger partial charge in [-0.15, -0.1) is 0 Å². The first-order valence-corrected chi connectivity index (χ1v) is 7.57. The Kier molecular flexibility index (Phi) is 4.58. The molecule has 2 aliphatic rings. The van der Waals surface area contributed by atoms with E-state index in [0.29, 0.717) is 31.9 Å². The van der Waals surface area contributed by atoms with Crippen LogP contribution in [0.25, 0.3) is 0 Å². The molecule has 7 heteroatoms. The molecule has 2 amide bonds. The summed E-state index contributed by atoms with van der Waals surface area (Å²) < 4.78 is 24.4. The van der Waals surface area contributed by atoms with E-state index in [1.807, 2.05) is 0 Å². The van der Waals surface area contributed by atoms with Crippen molar-refractivity contribution in [3.8, 4) is 0 Å². The molecule has 6 nitrogen and oxygen atoms in total. The van der Waals surface area contributed by atoms with E-state index in [0.717, 1.165) is 0 Å². The smallest absolute Gasteiger partial charge is 0.254 e. The van der Waals surface area contributed by atoms with Gasteiger partial charge < -0.3 is 19.3 Å². The third-order valence-corrected chi connectivity index (χ3v) is 4.24. The van der Waals surface area contributed by atoms with E-state index in [1.165, 1.54) is 17.0 Å². The summed E-state index contributed by atoms with van der Waals surface area (Å²) in [5.41, 5.74) is 0.548. The third kappa shape index (κ3) is 3.20. The number of hydrogen-bond donors (Lipinski definition) is 0. The van der Waals surface area contributed by atoms with Crippen LogP contribution in [0.1, 0.15) is 11.6 Å². The fraction of sp³-hybridized carbons (Fsp3) is 0.500. The Morgan fingerprint density at radius 2 is 2.04 bits per heavy atom. The minimum atomic E-state index is -0.836. The van der Waals surface area contributed by atoms with Crippen molar-refractivity contribution in [1.29, 1.82) is 0 Å². The zero-order valence-corrected chi connectivity index (χ0v) is 12.9. The second-order valence-electron chi connectivity index (χ2n) is 5.67. The van der Waals surface area contributed by atoms with Gasteiger partial charge in [0.2, 0.25) is 5.91 Å². The highest BCUT2D eigenvalue weighted by molar-refractivity contribution is 5.86. The SMILES string of the molecule is CN1C(=O)CO[C@H](C(=O)N2CCOCC2)[C@@H]1c1cccc(F)c1. The maximum Gasteiger partial charge on any atom is 0.254 e. The van der Waals surface area contributed by atoms with Crippen LogP contribution < -0.4 is 0 Å². The third-order valence-electron chi connectivity index (χ3n) is 4.24. The zero-order valence-electron chi connectivity index (χ0n) is 12.9. The van der Waals surface area contributed by atoms with Crippen LogP contribution in [-0.4, -0.2) is 67.7 Å². The van der Waals surface area contributed by atoms with Gasteiger partial charge in [-0.2, -0.15) is 0 Å². The second kappa shape index (κ2) is 6.64. The monoisotopic (exact) mass is 322 g/mol. The molecule has 0 saturated carbocycles. The Labute approximate surface area is 133 Å². The molecule has 2 fully saturated rings. The maximum absolute atomic E-state index is 13.6. The van der Waals surface area contributed by atoms with E-state index < -0.39 is 18.0 Å². The fourth-order valence-corrected chi connectivity index (χ4v) is 2.97. The minimum absolute atomic E-state index is 0.150. The van der Waals surface area contributed by atoms with Crippen molar-refractivity contribution < 1.29 is 23.5 Å². The summed E-state index contributed by atoms with van der Waals surface area (Å²) in [6.07, 6.45) is -0.836. The molecular formula is C16H19FN2O4. The average molecular weight is 322 g/mol. The Morgan fingerprint density at radius 3 is 2.74 bits per heavy atom. The van der Waals surface area contributed by atoms with Gasteiger partial charge in [0, 0.05) is 20.1 Å². The average Bonchev–Trinajstić information content (AvgIpc) is 2.57. The molecule has 0 aromatic heterocycles. The number of ether oxygens (including phenoxy) is 2. The Morgan fingerprint density at radius 1 is 1.30 bits per heavy atom. The van der Waals surface area contributed by atoms with E-state index in [-0.39, 0.29) is 18.4 Å². The number of benzene rings is 1. The fourth-order valence-electron chi connectivity index (χ4n) is 2.97. The Bertz CT molecular complexity index is 603. The molecule has 0 spiro atoms. The lowest BCUT2D eigenvalue weighted by Gasteiger charge is -2.40. The van der Waals surface area contributed by atoms with Gasteiger partial charge >= 0.3 is 0 Å². The Balaban J connectivity index is 1.89. The molecule has 0 radical (unpaired) electrons. The second-order valence-corrected chi connectivity index (χ2v) is 5.67. The highest BCUT2D eigenvalue weighted by Gasteiger charge is 2.42.